The van der Waals surface area contributed by atoms with E-state index in [0.717, 1.165) is 12.8 Å². The lowest BCUT2D eigenvalue weighted by Crippen LogP contribution is -2.01. The van der Waals surface area contributed by atoms with Crippen molar-refractivity contribution in [1.82, 2.24) is 9.97 Å². The van der Waals surface area contributed by atoms with Gasteiger partial charge in [0.05, 0.1) is 5.52 Å². The molecular formula is C11H12FN3. The SMILES string of the molecule is CCCc1nc(N)c2ccc(F)cc2n1. The summed E-state index contributed by atoms with van der Waals surface area (Å²) in [4.78, 5) is 8.42. The number of anilines is 1. The van der Waals surface area contributed by atoms with Crippen LogP contribution in [0.4, 0.5) is 10.2 Å². The summed E-state index contributed by atoms with van der Waals surface area (Å²) in [6.45, 7) is 2.04. The molecule has 1 aromatic carbocycles. The number of hydrogen-bond donors (Lipinski definition) is 1. The molecule has 1 heterocycles. The predicted octanol–water partition coefficient (Wildman–Crippen LogP) is 2.30. The van der Waals surface area contributed by atoms with Crippen LogP contribution in [-0.4, -0.2) is 9.97 Å². The standard InChI is InChI=1S/C11H12FN3/c1-2-3-10-14-9-6-7(12)4-5-8(9)11(13)15-10/h4-6H,2-3H2,1H3,(H2,13,14,15). The first-order chi connectivity index (χ1) is 7.20. The highest BCUT2D eigenvalue weighted by atomic mass is 19.1. The number of nitrogens with two attached hydrogens (primary N) is 1. The summed E-state index contributed by atoms with van der Waals surface area (Å²) in [5.41, 5.74) is 6.34. The van der Waals surface area contributed by atoms with Crippen molar-refractivity contribution in [2.24, 2.45) is 0 Å². The average molecular weight is 205 g/mol. The van der Waals surface area contributed by atoms with Crippen molar-refractivity contribution < 1.29 is 4.39 Å². The van der Waals surface area contributed by atoms with E-state index in [1.165, 1.54) is 12.1 Å². The van der Waals surface area contributed by atoms with E-state index in [0.29, 0.717) is 22.5 Å². The van der Waals surface area contributed by atoms with Gasteiger partial charge in [0.2, 0.25) is 0 Å². The third-order valence-corrected chi connectivity index (χ3v) is 2.21. The Kier molecular flexibility index (Phi) is 2.49. The summed E-state index contributed by atoms with van der Waals surface area (Å²) >= 11 is 0. The van der Waals surface area contributed by atoms with Gasteiger partial charge in [-0.25, -0.2) is 14.4 Å². The van der Waals surface area contributed by atoms with Crippen LogP contribution >= 0.6 is 0 Å². The average Bonchev–Trinajstić information content (AvgIpc) is 2.17. The van der Waals surface area contributed by atoms with E-state index in [1.54, 1.807) is 6.07 Å². The Morgan fingerprint density at radius 1 is 1.33 bits per heavy atom. The molecular weight excluding hydrogens is 193 g/mol. The monoisotopic (exact) mass is 205 g/mol. The zero-order valence-electron chi connectivity index (χ0n) is 8.50. The summed E-state index contributed by atoms with van der Waals surface area (Å²) < 4.78 is 13.0. The number of halogens is 1. The fourth-order valence-electron chi connectivity index (χ4n) is 1.51. The zero-order valence-corrected chi connectivity index (χ0v) is 8.50. The Morgan fingerprint density at radius 3 is 2.87 bits per heavy atom. The van der Waals surface area contributed by atoms with E-state index in [2.05, 4.69) is 9.97 Å². The van der Waals surface area contributed by atoms with Crippen LogP contribution in [0.2, 0.25) is 0 Å². The topological polar surface area (TPSA) is 51.8 Å². The predicted molar refractivity (Wildman–Crippen MR) is 57.9 cm³/mol. The van der Waals surface area contributed by atoms with E-state index in [-0.39, 0.29) is 5.82 Å². The van der Waals surface area contributed by atoms with Crippen LogP contribution in [0.1, 0.15) is 19.2 Å². The Hall–Kier alpha value is -1.71. The first kappa shape index (κ1) is 9.83. The number of rotatable bonds is 2. The van der Waals surface area contributed by atoms with Crippen molar-refractivity contribution in [3.8, 4) is 0 Å². The smallest absolute Gasteiger partial charge is 0.135 e. The molecule has 0 spiro atoms. The van der Waals surface area contributed by atoms with Crippen LogP contribution in [0.5, 0.6) is 0 Å². The summed E-state index contributed by atoms with van der Waals surface area (Å²) in [6.07, 6.45) is 1.71. The number of fused-ring (bicyclic) bond motifs is 1. The molecule has 0 fully saturated rings. The summed E-state index contributed by atoms with van der Waals surface area (Å²) in [5.74, 6) is 0.791. The van der Waals surface area contributed by atoms with Gasteiger partial charge in [-0.15, -0.1) is 0 Å². The quantitative estimate of drug-likeness (QED) is 0.818. The minimum absolute atomic E-state index is 0.303. The third-order valence-electron chi connectivity index (χ3n) is 2.21. The first-order valence-corrected chi connectivity index (χ1v) is 4.92. The maximum absolute atomic E-state index is 13.0. The van der Waals surface area contributed by atoms with Gasteiger partial charge in [0.15, 0.2) is 0 Å². The van der Waals surface area contributed by atoms with Crippen LogP contribution < -0.4 is 5.73 Å². The molecule has 0 atom stereocenters. The van der Waals surface area contributed by atoms with E-state index in [9.17, 15) is 4.39 Å². The van der Waals surface area contributed by atoms with E-state index < -0.39 is 0 Å². The second-order valence-corrected chi connectivity index (χ2v) is 3.44. The van der Waals surface area contributed by atoms with Gasteiger partial charge in [0.1, 0.15) is 17.5 Å². The van der Waals surface area contributed by atoms with Gasteiger partial charge < -0.3 is 5.73 Å². The molecule has 0 aliphatic heterocycles. The first-order valence-electron chi connectivity index (χ1n) is 4.92. The van der Waals surface area contributed by atoms with Gasteiger partial charge >= 0.3 is 0 Å². The van der Waals surface area contributed by atoms with E-state index in [1.807, 2.05) is 6.92 Å². The molecule has 4 heteroatoms. The van der Waals surface area contributed by atoms with Crippen molar-refractivity contribution >= 4 is 16.7 Å². The molecule has 3 nitrogen and oxygen atoms in total. The second-order valence-electron chi connectivity index (χ2n) is 3.44. The van der Waals surface area contributed by atoms with Crippen molar-refractivity contribution in [2.45, 2.75) is 19.8 Å². The number of nitrogens with zero attached hydrogens (tertiary/aromatic N) is 2. The Bertz CT molecular complexity index is 496. The Balaban J connectivity index is 2.63. The molecule has 78 valence electrons. The molecule has 2 N–H and O–H groups in total. The van der Waals surface area contributed by atoms with Gasteiger partial charge in [-0.1, -0.05) is 6.92 Å². The van der Waals surface area contributed by atoms with Crippen LogP contribution in [0.15, 0.2) is 18.2 Å². The van der Waals surface area contributed by atoms with E-state index >= 15 is 0 Å². The van der Waals surface area contributed by atoms with Crippen LogP contribution in [0.25, 0.3) is 10.9 Å². The minimum Gasteiger partial charge on any atom is -0.383 e. The number of hydrogen-bond acceptors (Lipinski definition) is 3. The second kappa shape index (κ2) is 3.81. The van der Waals surface area contributed by atoms with Crippen LogP contribution in [-0.2, 0) is 6.42 Å². The van der Waals surface area contributed by atoms with Gasteiger partial charge in [-0.3, -0.25) is 0 Å². The zero-order chi connectivity index (χ0) is 10.8. The molecule has 0 amide bonds. The number of aromatic nitrogens is 2. The molecule has 0 unspecified atom stereocenters. The summed E-state index contributed by atoms with van der Waals surface area (Å²) in [5, 5.41) is 0.705. The molecule has 0 saturated carbocycles. The number of benzene rings is 1. The fraction of sp³-hybridized carbons (Fsp3) is 0.273. The van der Waals surface area contributed by atoms with Gasteiger partial charge in [0.25, 0.3) is 0 Å². The molecule has 0 saturated heterocycles. The van der Waals surface area contributed by atoms with Gasteiger partial charge in [-0.05, 0) is 18.6 Å². The van der Waals surface area contributed by atoms with Crippen LogP contribution in [0, 0.1) is 5.82 Å². The van der Waals surface area contributed by atoms with Crippen LogP contribution in [0.3, 0.4) is 0 Å². The van der Waals surface area contributed by atoms with Crippen molar-refractivity contribution in [2.75, 3.05) is 5.73 Å². The summed E-state index contributed by atoms with van der Waals surface area (Å²) in [7, 11) is 0. The van der Waals surface area contributed by atoms with Gasteiger partial charge in [-0.2, -0.15) is 0 Å². The highest BCUT2D eigenvalue weighted by Gasteiger charge is 2.05. The molecule has 0 radical (unpaired) electrons. The van der Waals surface area contributed by atoms with Crippen molar-refractivity contribution in [3.63, 3.8) is 0 Å². The Morgan fingerprint density at radius 2 is 2.13 bits per heavy atom. The highest BCUT2D eigenvalue weighted by Crippen LogP contribution is 2.18. The lowest BCUT2D eigenvalue weighted by molar-refractivity contribution is 0.629. The molecule has 2 rings (SSSR count). The molecule has 0 bridgehead atoms. The normalized spacial score (nSPS) is 10.8. The lowest BCUT2D eigenvalue weighted by Gasteiger charge is -2.04. The maximum atomic E-state index is 13.0. The largest absolute Gasteiger partial charge is 0.383 e. The Labute approximate surface area is 87.2 Å². The van der Waals surface area contributed by atoms with Crippen molar-refractivity contribution in [3.05, 3.63) is 29.8 Å². The molecule has 15 heavy (non-hydrogen) atoms. The molecule has 2 aromatic rings. The van der Waals surface area contributed by atoms with Crippen molar-refractivity contribution in [1.29, 1.82) is 0 Å². The molecule has 0 aliphatic rings. The maximum Gasteiger partial charge on any atom is 0.135 e. The molecule has 1 aromatic heterocycles. The lowest BCUT2D eigenvalue weighted by atomic mass is 10.2. The summed E-state index contributed by atoms with van der Waals surface area (Å²) in [6, 6.07) is 4.35. The third kappa shape index (κ3) is 1.88. The number of nitrogen functional groups attached to an aromatic ring is 1. The minimum atomic E-state index is -0.303. The highest BCUT2D eigenvalue weighted by molar-refractivity contribution is 5.87. The number of aryl methyl sites for hydroxylation is 1. The van der Waals surface area contributed by atoms with E-state index in [4.69, 9.17) is 5.73 Å². The fourth-order valence-corrected chi connectivity index (χ4v) is 1.51. The van der Waals surface area contributed by atoms with Gasteiger partial charge in [0, 0.05) is 17.9 Å². The molecule has 0 aliphatic carbocycles.